The molecule has 4 rings (SSSR count). The van der Waals surface area contributed by atoms with Crippen molar-refractivity contribution in [3.05, 3.63) is 64.2 Å². The Morgan fingerprint density at radius 3 is 2.16 bits per heavy atom. The van der Waals surface area contributed by atoms with Gasteiger partial charge in [-0.05, 0) is 60.6 Å². The Balaban J connectivity index is 1.82. The highest BCUT2D eigenvalue weighted by atomic mass is 19.3. The van der Waals surface area contributed by atoms with Crippen LogP contribution in [0.15, 0.2) is 35.9 Å². The maximum absolute atomic E-state index is 15.2. The van der Waals surface area contributed by atoms with E-state index in [2.05, 4.69) is 0 Å². The van der Waals surface area contributed by atoms with E-state index in [1.54, 1.807) is 0 Å². The van der Waals surface area contributed by atoms with Crippen molar-refractivity contribution < 1.29 is 35.8 Å². The maximum atomic E-state index is 15.2. The molecule has 1 aliphatic carbocycles. The lowest BCUT2D eigenvalue weighted by molar-refractivity contribution is -0.228. The predicted molar refractivity (Wildman–Crippen MR) is 103 cm³/mol. The van der Waals surface area contributed by atoms with Crippen molar-refractivity contribution >= 4 is 0 Å². The second-order valence-corrected chi connectivity index (χ2v) is 7.55. The molecule has 0 bridgehead atoms. The van der Waals surface area contributed by atoms with Crippen LogP contribution in [0.2, 0.25) is 0 Å². The molecule has 0 atom stereocenters. The van der Waals surface area contributed by atoms with E-state index in [0.717, 1.165) is 23.8 Å². The lowest BCUT2D eigenvalue weighted by atomic mass is 9.78. The summed E-state index contributed by atoms with van der Waals surface area (Å²) in [7, 11) is 0. The molecule has 0 saturated heterocycles. The summed E-state index contributed by atoms with van der Waals surface area (Å²) in [6.45, 7) is 2.43. The summed E-state index contributed by atoms with van der Waals surface area (Å²) in [5.74, 6) is -13.4. The average Bonchev–Trinajstić information content (AvgIpc) is 2.73. The molecule has 31 heavy (non-hydrogen) atoms. The number of benzene rings is 2. The van der Waals surface area contributed by atoms with Gasteiger partial charge in [-0.15, -0.1) is 0 Å². The first-order chi connectivity index (χ1) is 14.7. The normalized spacial score (nSPS) is 18.7. The zero-order chi connectivity index (χ0) is 22.4. The van der Waals surface area contributed by atoms with Crippen LogP contribution in [-0.2, 0) is 23.0 Å². The van der Waals surface area contributed by atoms with Gasteiger partial charge in [-0.3, -0.25) is 0 Å². The van der Waals surface area contributed by atoms with Crippen LogP contribution in [0.25, 0.3) is 11.1 Å². The van der Waals surface area contributed by atoms with Crippen LogP contribution in [0.5, 0.6) is 5.75 Å². The molecule has 0 aromatic heterocycles. The third-order valence-electron chi connectivity index (χ3n) is 5.64. The molecular weight excluding hydrogens is 422 g/mol. The fourth-order valence-electron chi connectivity index (χ4n) is 4.09. The summed E-state index contributed by atoms with van der Waals surface area (Å²) in [4.78, 5) is 0. The molecule has 0 fully saturated rings. The SMILES string of the molecule is CCOc1ccc2c(c1F)C(F)(F)C(F)(F)c1c-2ccc(CCC2=CCCOC2)c1F. The van der Waals surface area contributed by atoms with Gasteiger partial charge in [0, 0.05) is 0 Å². The first-order valence-electron chi connectivity index (χ1n) is 9.99. The van der Waals surface area contributed by atoms with E-state index in [4.69, 9.17) is 9.47 Å². The molecule has 0 saturated carbocycles. The van der Waals surface area contributed by atoms with Crippen molar-refractivity contribution in [3.8, 4) is 16.9 Å². The van der Waals surface area contributed by atoms with Crippen LogP contribution in [0.4, 0.5) is 26.3 Å². The number of halogens is 6. The molecule has 0 spiro atoms. The fraction of sp³-hybridized carbons (Fsp3) is 0.391. The van der Waals surface area contributed by atoms with Gasteiger partial charge >= 0.3 is 11.8 Å². The van der Waals surface area contributed by atoms with Gasteiger partial charge in [-0.25, -0.2) is 8.78 Å². The minimum Gasteiger partial charge on any atom is -0.491 e. The number of rotatable bonds is 5. The Morgan fingerprint density at radius 1 is 0.903 bits per heavy atom. The minimum atomic E-state index is -4.95. The Hall–Kier alpha value is -2.48. The average molecular weight is 442 g/mol. The summed E-state index contributed by atoms with van der Waals surface area (Å²) < 4.78 is 99.8. The van der Waals surface area contributed by atoms with Crippen molar-refractivity contribution in [2.45, 2.75) is 38.0 Å². The van der Waals surface area contributed by atoms with Crippen molar-refractivity contribution in [2.24, 2.45) is 0 Å². The van der Waals surface area contributed by atoms with E-state index in [1.165, 1.54) is 13.0 Å². The standard InChI is InChI=1S/C23H20F6O2/c1-2-31-17-10-9-16-15-8-7-14(6-5-13-4-3-11-30-12-13)20(24)18(15)22(26,27)23(28,29)19(16)21(17)25/h4,7-10H,2-3,5-6,11-12H2,1H3. The molecule has 0 amide bonds. The molecule has 2 aromatic rings. The number of alkyl halides is 4. The number of ether oxygens (including phenoxy) is 2. The number of hydrogen-bond donors (Lipinski definition) is 0. The molecular formula is C23H20F6O2. The van der Waals surface area contributed by atoms with Gasteiger partial charge in [0.2, 0.25) is 0 Å². The molecule has 166 valence electrons. The van der Waals surface area contributed by atoms with Gasteiger partial charge in [-0.1, -0.05) is 18.2 Å². The van der Waals surface area contributed by atoms with Gasteiger partial charge < -0.3 is 9.47 Å². The molecule has 1 heterocycles. The van der Waals surface area contributed by atoms with Crippen molar-refractivity contribution in [3.63, 3.8) is 0 Å². The third kappa shape index (κ3) is 3.41. The zero-order valence-electron chi connectivity index (χ0n) is 16.7. The Morgan fingerprint density at radius 2 is 1.55 bits per heavy atom. The van der Waals surface area contributed by atoms with Crippen molar-refractivity contribution in [1.82, 2.24) is 0 Å². The second kappa shape index (κ2) is 7.89. The highest BCUT2D eigenvalue weighted by molar-refractivity contribution is 5.77. The first-order valence-corrected chi connectivity index (χ1v) is 9.99. The topological polar surface area (TPSA) is 18.5 Å². The molecule has 8 heteroatoms. The molecule has 2 aromatic carbocycles. The number of fused-ring (bicyclic) bond motifs is 3. The molecule has 2 nitrogen and oxygen atoms in total. The van der Waals surface area contributed by atoms with Gasteiger partial charge in [-0.2, -0.15) is 17.6 Å². The van der Waals surface area contributed by atoms with E-state index >= 15 is 4.39 Å². The molecule has 0 N–H and O–H groups in total. The quantitative estimate of drug-likeness (QED) is 0.388. The number of hydrogen-bond acceptors (Lipinski definition) is 2. The van der Waals surface area contributed by atoms with E-state index < -0.39 is 51.5 Å². The summed E-state index contributed by atoms with van der Waals surface area (Å²) in [6.07, 6.45) is 3.07. The van der Waals surface area contributed by atoms with Crippen LogP contribution >= 0.6 is 0 Å². The summed E-state index contributed by atoms with van der Waals surface area (Å²) in [5, 5.41) is 0. The molecule has 1 aliphatic heterocycles. The Kier molecular flexibility index (Phi) is 5.54. The maximum Gasteiger partial charge on any atom is 0.343 e. The molecule has 2 aliphatic rings. The first kappa shape index (κ1) is 21.7. The van der Waals surface area contributed by atoms with Crippen LogP contribution in [0.3, 0.4) is 0 Å². The minimum absolute atomic E-state index is 0.0340. The monoisotopic (exact) mass is 442 g/mol. The lowest BCUT2D eigenvalue weighted by Gasteiger charge is -2.35. The summed E-state index contributed by atoms with van der Waals surface area (Å²) in [6, 6.07) is 4.59. The van der Waals surface area contributed by atoms with Gasteiger partial charge in [0.25, 0.3) is 0 Å². The van der Waals surface area contributed by atoms with Crippen LogP contribution in [0, 0.1) is 11.6 Å². The fourth-order valence-corrected chi connectivity index (χ4v) is 4.09. The predicted octanol–water partition coefficient (Wildman–Crippen LogP) is 6.51. The van der Waals surface area contributed by atoms with Crippen LogP contribution in [-0.4, -0.2) is 19.8 Å². The van der Waals surface area contributed by atoms with Crippen LogP contribution in [0.1, 0.15) is 36.5 Å². The molecule has 0 radical (unpaired) electrons. The van der Waals surface area contributed by atoms with E-state index in [-0.39, 0.29) is 18.6 Å². The van der Waals surface area contributed by atoms with Crippen molar-refractivity contribution in [2.75, 3.05) is 19.8 Å². The van der Waals surface area contributed by atoms with Gasteiger partial charge in [0.05, 0.1) is 30.9 Å². The Bertz CT molecular complexity index is 1040. The number of aryl methyl sites for hydroxylation is 1. The summed E-state index contributed by atoms with van der Waals surface area (Å²) in [5.41, 5.74) is -3.01. The highest BCUT2D eigenvalue weighted by Crippen LogP contribution is 2.60. The highest BCUT2D eigenvalue weighted by Gasteiger charge is 2.65. The second-order valence-electron chi connectivity index (χ2n) is 7.55. The zero-order valence-corrected chi connectivity index (χ0v) is 16.7. The van der Waals surface area contributed by atoms with E-state index in [9.17, 15) is 22.0 Å². The van der Waals surface area contributed by atoms with Gasteiger partial charge in [0.1, 0.15) is 5.82 Å². The smallest absolute Gasteiger partial charge is 0.343 e. The van der Waals surface area contributed by atoms with Crippen LogP contribution < -0.4 is 4.74 Å². The Labute approximate surface area is 175 Å². The largest absolute Gasteiger partial charge is 0.491 e. The lowest BCUT2D eigenvalue weighted by Crippen LogP contribution is -2.41. The molecule has 0 unspecified atom stereocenters. The van der Waals surface area contributed by atoms with E-state index in [0.29, 0.717) is 26.1 Å². The third-order valence-corrected chi connectivity index (χ3v) is 5.64. The van der Waals surface area contributed by atoms with Crippen molar-refractivity contribution in [1.29, 1.82) is 0 Å². The summed E-state index contributed by atoms with van der Waals surface area (Å²) >= 11 is 0. The van der Waals surface area contributed by atoms with E-state index in [1.807, 2.05) is 6.08 Å². The van der Waals surface area contributed by atoms with Gasteiger partial charge in [0.15, 0.2) is 11.6 Å².